The highest BCUT2D eigenvalue weighted by Crippen LogP contribution is 2.36. The number of H-pyrrole nitrogens is 1. The van der Waals surface area contributed by atoms with Crippen molar-refractivity contribution in [2.75, 3.05) is 10.6 Å². The molecule has 3 aromatic heterocycles. The SMILES string of the molecule is CC1=C(C(=O)Nc2cccnc2)C(c2ccc[nH+]c2)n2nc(-c3ccccc3)nc2N1. The number of hydrogen-bond acceptors (Lipinski definition) is 5. The van der Waals surface area contributed by atoms with Crippen LogP contribution in [0.5, 0.6) is 0 Å². The molecule has 0 saturated heterocycles. The quantitative estimate of drug-likeness (QED) is 0.539. The Morgan fingerprint density at radius 1 is 1.13 bits per heavy atom. The molecule has 4 heterocycles. The van der Waals surface area contributed by atoms with Gasteiger partial charge < -0.3 is 10.6 Å². The number of nitrogens with one attached hydrogen (secondary N) is 3. The molecule has 8 nitrogen and oxygen atoms in total. The Kier molecular flexibility index (Phi) is 4.72. The summed E-state index contributed by atoms with van der Waals surface area (Å²) in [5.74, 6) is 0.951. The minimum atomic E-state index is -0.449. The van der Waals surface area contributed by atoms with Gasteiger partial charge in [-0.25, -0.2) is 9.67 Å². The molecule has 31 heavy (non-hydrogen) atoms. The summed E-state index contributed by atoms with van der Waals surface area (Å²) in [6, 6.07) is 16.8. The predicted octanol–water partition coefficient (Wildman–Crippen LogP) is 3.08. The van der Waals surface area contributed by atoms with Gasteiger partial charge in [0.05, 0.1) is 17.5 Å². The molecule has 0 saturated carbocycles. The molecular formula is C23H20N7O+. The van der Waals surface area contributed by atoms with Gasteiger partial charge in [0, 0.05) is 29.1 Å². The zero-order valence-electron chi connectivity index (χ0n) is 16.8. The van der Waals surface area contributed by atoms with Crippen molar-refractivity contribution in [1.82, 2.24) is 19.7 Å². The summed E-state index contributed by atoms with van der Waals surface area (Å²) in [4.78, 5) is 25.2. The number of fused-ring (bicyclic) bond motifs is 1. The largest absolute Gasteiger partial charge is 0.328 e. The molecule has 8 heteroatoms. The molecule has 1 aromatic carbocycles. The van der Waals surface area contributed by atoms with Crippen molar-refractivity contribution in [3.8, 4) is 11.4 Å². The number of amides is 1. The molecule has 1 aliphatic rings. The van der Waals surface area contributed by atoms with Crippen LogP contribution in [-0.4, -0.2) is 25.7 Å². The van der Waals surface area contributed by atoms with E-state index < -0.39 is 6.04 Å². The first-order valence-corrected chi connectivity index (χ1v) is 9.88. The van der Waals surface area contributed by atoms with Gasteiger partial charge in [-0.1, -0.05) is 30.3 Å². The van der Waals surface area contributed by atoms with Crippen LogP contribution in [0.25, 0.3) is 11.4 Å². The van der Waals surface area contributed by atoms with E-state index in [2.05, 4.69) is 25.6 Å². The normalized spacial score (nSPS) is 15.2. The highest BCUT2D eigenvalue weighted by atomic mass is 16.1. The fourth-order valence-electron chi connectivity index (χ4n) is 3.68. The zero-order valence-corrected chi connectivity index (χ0v) is 16.8. The van der Waals surface area contributed by atoms with Gasteiger partial charge in [0.2, 0.25) is 5.95 Å². The van der Waals surface area contributed by atoms with E-state index in [-0.39, 0.29) is 5.91 Å². The van der Waals surface area contributed by atoms with Gasteiger partial charge >= 0.3 is 0 Å². The minimum absolute atomic E-state index is 0.228. The molecule has 0 radical (unpaired) electrons. The summed E-state index contributed by atoms with van der Waals surface area (Å²) in [6.07, 6.45) is 6.98. The number of aromatic amines is 1. The number of benzene rings is 1. The second kappa shape index (κ2) is 7.83. The first-order chi connectivity index (χ1) is 15.2. The molecule has 1 atom stereocenters. The second-order valence-electron chi connectivity index (χ2n) is 7.17. The van der Waals surface area contributed by atoms with Crippen LogP contribution in [0, 0.1) is 0 Å². The van der Waals surface area contributed by atoms with E-state index in [1.165, 1.54) is 0 Å². The van der Waals surface area contributed by atoms with E-state index in [0.717, 1.165) is 16.8 Å². The fraction of sp³-hybridized carbons (Fsp3) is 0.0870. The van der Waals surface area contributed by atoms with E-state index >= 15 is 0 Å². The van der Waals surface area contributed by atoms with Gasteiger partial charge in [0.15, 0.2) is 18.2 Å². The molecule has 0 bridgehead atoms. The summed E-state index contributed by atoms with van der Waals surface area (Å²) in [7, 11) is 0. The Bertz CT molecular complexity index is 1250. The molecule has 3 N–H and O–H groups in total. The van der Waals surface area contributed by atoms with Crippen LogP contribution in [0.15, 0.2) is 90.7 Å². The third kappa shape index (κ3) is 3.55. The molecule has 0 spiro atoms. The fourth-order valence-corrected chi connectivity index (χ4v) is 3.68. The molecule has 1 aliphatic heterocycles. The van der Waals surface area contributed by atoms with Crippen molar-refractivity contribution in [2.24, 2.45) is 0 Å². The van der Waals surface area contributed by atoms with Gasteiger partial charge in [-0.15, -0.1) is 5.10 Å². The van der Waals surface area contributed by atoms with Crippen molar-refractivity contribution in [1.29, 1.82) is 0 Å². The van der Waals surface area contributed by atoms with Gasteiger partial charge in [0.1, 0.15) is 6.04 Å². The summed E-state index contributed by atoms with van der Waals surface area (Å²) < 4.78 is 1.76. The summed E-state index contributed by atoms with van der Waals surface area (Å²) in [5.41, 5.74) is 3.70. The first kappa shape index (κ1) is 18.7. The topological polar surface area (TPSA) is 98.9 Å². The maximum atomic E-state index is 13.3. The van der Waals surface area contributed by atoms with Crippen molar-refractivity contribution in [3.63, 3.8) is 0 Å². The monoisotopic (exact) mass is 410 g/mol. The average Bonchev–Trinajstić information content (AvgIpc) is 3.23. The standard InChI is InChI=1S/C23H19N7O/c1-15-19(22(31)27-18-10-6-12-25-14-18)20(17-9-5-11-24-13-17)30-23(26-15)28-21(29-30)16-7-3-2-4-8-16/h2-14,20H,1H3,(H,27,31)(H,26,28,29)/p+1. The lowest BCUT2D eigenvalue weighted by molar-refractivity contribution is -0.378. The summed E-state index contributed by atoms with van der Waals surface area (Å²) >= 11 is 0. The first-order valence-electron chi connectivity index (χ1n) is 9.88. The Hall–Kier alpha value is -4.33. The molecule has 0 aliphatic carbocycles. The van der Waals surface area contributed by atoms with E-state index in [1.807, 2.05) is 61.8 Å². The minimum Gasteiger partial charge on any atom is -0.328 e. The van der Waals surface area contributed by atoms with Crippen LogP contribution < -0.4 is 15.6 Å². The Labute approximate surface area is 178 Å². The molecule has 0 fully saturated rings. The predicted molar refractivity (Wildman–Crippen MR) is 116 cm³/mol. The van der Waals surface area contributed by atoms with E-state index in [4.69, 9.17) is 5.10 Å². The van der Waals surface area contributed by atoms with Crippen molar-refractivity contribution in [2.45, 2.75) is 13.0 Å². The number of rotatable bonds is 4. The van der Waals surface area contributed by atoms with Crippen LogP contribution in [-0.2, 0) is 4.79 Å². The Morgan fingerprint density at radius 3 is 2.74 bits per heavy atom. The van der Waals surface area contributed by atoms with E-state index in [9.17, 15) is 4.79 Å². The number of aromatic nitrogens is 5. The third-order valence-electron chi connectivity index (χ3n) is 5.10. The maximum absolute atomic E-state index is 13.3. The number of anilines is 2. The molecule has 152 valence electrons. The third-order valence-corrected chi connectivity index (χ3v) is 5.10. The summed E-state index contributed by atoms with van der Waals surface area (Å²) in [5, 5.41) is 10.9. The second-order valence-corrected chi connectivity index (χ2v) is 7.17. The highest BCUT2D eigenvalue weighted by Gasteiger charge is 2.35. The molecule has 1 unspecified atom stereocenters. The van der Waals surface area contributed by atoms with Crippen molar-refractivity contribution >= 4 is 17.5 Å². The van der Waals surface area contributed by atoms with Crippen LogP contribution in [0.4, 0.5) is 11.6 Å². The van der Waals surface area contributed by atoms with Crippen LogP contribution >= 0.6 is 0 Å². The van der Waals surface area contributed by atoms with E-state index in [0.29, 0.717) is 23.0 Å². The molecule has 5 rings (SSSR count). The Morgan fingerprint density at radius 2 is 2.00 bits per heavy atom. The van der Waals surface area contributed by atoms with Crippen LogP contribution in [0.3, 0.4) is 0 Å². The number of hydrogen-bond donors (Lipinski definition) is 2. The highest BCUT2D eigenvalue weighted by molar-refractivity contribution is 6.05. The number of carbonyl (C=O) groups is 1. The lowest BCUT2D eigenvalue weighted by Crippen LogP contribution is -2.32. The number of allylic oxidation sites excluding steroid dienone is 1. The molecule has 1 amide bonds. The summed E-state index contributed by atoms with van der Waals surface area (Å²) in [6.45, 7) is 1.87. The molecular weight excluding hydrogens is 390 g/mol. The number of nitrogens with zero attached hydrogens (tertiary/aromatic N) is 4. The van der Waals surface area contributed by atoms with Gasteiger partial charge in [-0.05, 0) is 25.1 Å². The number of pyridine rings is 2. The van der Waals surface area contributed by atoms with Crippen LogP contribution in [0.1, 0.15) is 18.5 Å². The maximum Gasteiger partial charge on any atom is 0.255 e. The van der Waals surface area contributed by atoms with Gasteiger partial charge in [0.25, 0.3) is 5.91 Å². The smallest absolute Gasteiger partial charge is 0.255 e. The van der Waals surface area contributed by atoms with E-state index in [1.54, 1.807) is 29.2 Å². The van der Waals surface area contributed by atoms with Crippen molar-refractivity contribution in [3.05, 3.63) is 96.2 Å². The molecule has 4 aromatic rings. The van der Waals surface area contributed by atoms with Crippen LogP contribution in [0.2, 0.25) is 0 Å². The van der Waals surface area contributed by atoms with Gasteiger partial charge in [-0.3, -0.25) is 9.78 Å². The average molecular weight is 410 g/mol. The van der Waals surface area contributed by atoms with Gasteiger partial charge in [-0.2, -0.15) is 4.98 Å². The Balaban J connectivity index is 1.60. The lowest BCUT2D eigenvalue weighted by atomic mass is 9.96. The number of carbonyl (C=O) groups excluding carboxylic acids is 1. The zero-order chi connectivity index (χ0) is 21.2. The van der Waals surface area contributed by atoms with Crippen molar-refractivity contribution < 1.29 is 9.78 Å². The lowest BCUT2D eigenvalue weighted by Gasteiger charge is -2.27.